The van der Waals surface area contributed by atoms with Crippen LogP contribution in [0.5, 0.6) is 11.5 Å². The van der Waals surface area contributed by atoms with Crippen molar-refractivity contribution >= 4 is 17.5 Å². The van der Waals surface area contributed by atoms with E-state index in [-0.39, 0.29) is 12.0 Å². The van der Waals surface area contributed by atoms with Crippen LogP contribution in [-0.4, -0.2) is 25.0 Å². The summed E-state index contributed by atoms with van der Waals surface area (Å²) in [4.78, 5) is 26.4. The van der Waals surface area contributed by atoms with Crippen LogP contribution in [0.3, 0.4) is 0 Å². The minimum absolute atomic E-state index is 0.154. The smallest absolute Gasteiger partial charge is 0.265 e. The molecule has 1 aliphatic carbocycles. The van der Waals surface area contributed by atoms with E-state index in [1.807, 2.05) is 18.2 Å². The van der Waals surface area contributed by atoms with Crippen molar-refractivity contribution in [1.82, 2.24) is 5.43 Å². The van der Waals surface area contributed by atoms with E-state index in [0.29, 0.717) is 29.2 Å². The maximum Gasteiger partial charge on any atom is 0.265 e. The number of ether oxygens (including phenoxy) is 2. The molecule has 2 amide bonds. The lowest BCUT2D eigenvalue weighted by Gasteiger charge is -2.20. The van der Waals surface area contributed by atoms with Gasteiger partial charge in [-0.05, 0) is 55.5 Å². The maximum atomic E-state index is 13.0. The highest BCUT2D eigenvalue weighted by molar-refractivity contribution is 6.11. The van der Waals surface area contributed by atoms with Gasteiger partial charge < -0.3 is 14.4 Å². The van der Waals surface area contributed by atoms with Crippen molar-refractivity contribution in [2.24, 2.45) is 5.84 Å². The lowest BCUT2D eigenvalue weighted by atomic mass is 10.1. The number of anilines is 1. The van der Waals surface area contributed by atoms with Crippen LogP contribution >= 0.6 is 0 Å². The molecule has 3 N–H and O–H groups in total. The van der Waals surface area contributed by atoms with E-state index in [4.69, 9.17) is 15.3 Å². The average Bonchev–Trinajstić information content (AvgIpc) is 3.35. The molecule has 1 saturated carbocycles. The summed E-state index contributed by atoms with van der Waals surface area (Å²) in [5.74, 6) is 5.92. The standard InChI is InChI=1S/C21H23N3O4/c1-27-18-9-8-15(11-19(18)28-16-4-2-3-5-16)24-12-14-7-6-13(20(25)23-22)10-17(14)21(24)26/h6-11,16H,2-5,12,22H2,1H3,(H,23,25). The molecular weight excluding hydrogens is 358 g/mol. The molecule has 0 atom stereocenters. The summed E-state index contributed by atoms with van der Waals surface area (Å²) in [5, 5.41) is 0. The van der Waals surface area contributed by atoms with Gasteiger partial charge in [0.2, 0.25) is 0 Å². The van der Waals surface area contributed by atoms with Gasteiger partial charge in [-0.3, -0.25) is 15.0 Å². The minimum atomic E-state index is -0.425. The fourth-order valence-electron chi connectivity index (χ4n) is 3.85. The van der Waals surface area contributed by atoms with Gasteiger partial charge in [-0.15, -0.1) is 0 Å². The highest BCUT2D eigenvalue weighted by Crippen LogP contribution is 2.37. The maximum absolute atomic E-state index is 13.0. The Hall–Kier alpha value is -3.06. The molecule has 0 aromatic heterocycles. The van der Waals surface area contributed by atoms with E-state index in [0.717, 1.165) is 24.1 Å². The van der Waals surface area contributed by atoms with Crippen molar-refractivity contribution in [2.75, 3.05) is 12.0 Å². The summed E-state index contributed by atoms with van der Waals surface area (Å²) >= 11 is 0. The number of nitrogens with zero attached hydrogens (tertiary/aromatic N) is 1. The number of nitrogens with two attached hydrogens (primary N) is 1. The Morgan fingerprint density at radius 1 is 1.14 bits per heavy atom. The van der Waals surface area contributed by atoms with E-state index >= 15 is 0 Å². The van der Waals surface area contributed by atoms with Gasteiger partial charge in [0.1, 0.15) is 0 Å². The predicted molar refractivity (Wildman–Crippen MR) is 104 cm³/mol. The monoisotopic (exact) mass is 381 g/mol. The van der Waals surface area contributed by atoms with Gasteiger partial charge >= 0.3 is 0 Å². The summed E-state index contributed by atoms with van der Waals surface area (Å²) in [6.45, 7) is 0.438. The van der Waals surface area contributed by atoms with Crippen molar-refractivity contribution in [3.8, 4) is 11.5 Å². The Morgan fingerprint density at radius 3 is 2.64 bits per heavy atom. The van der Waals surface area contributed by atoms with Crippen LogP contribution in [0.15, 0.2) is 36.4 Å². The Morgan fingerprint density at radius 2 is 1.93 bits per heavy atom. The molecule has 2 aromatic rings. The van der Waals surface area contributed by atoms with Gasteiger partial charge in [0, 0.05) is 22.9 Å². The molecule has 1 heterocycles. The summed E-state index contributed by atoms with van der Waals surface area (Å²) in [5.41, 5.74) is 4.56. The van der Waals surface area contributed by atoms with Crippen molar-refractivity contribution in [3.63, 3.8) is 0 Å². The molecule has 1 aliphatic heterocycles. The van der Waals surface area contributed by atoms with E-state index in [1.165, 1.54) is 12.8 Å². The SMILES string of the molecule is COc1ccc(N2Cc3ccc(C(=O)NN)cc3C2=O)cc1OC1CCCC1. The second-order valence-corrected chi connectivity index (χ2v) is 7.10. The lowest BCUT2D eigenvalue weighted by molar-refractivity contribution is 0.0953. The van der Waals surface area contributed by atoms with Crippen LogP contribution in [-0.2, 0) is 6.54 Å². The Bertz CT molecular complexity index is 922. The van der Waals surface area contributed by atoms with E-state index < -0.39 is 5.91 Å². The Kier molecular flexibility index (Phi) is 4.92. The molecule has 7 nitrogen and oxygen atoms in total. The first-order valence-corrected chi connectivity index (χ1v) is 9.41. The summed E-state index contributed by atoms with van der Waals surface area (Å²) in [7, 11) is 1.61. The molecule has 4 rings (SSSR count). The zero-order chi connectivity index (χ0) is 19.7. The molecule has 28 heavy (non-hydrogen) atoms. The van der Waals surface area contributed by atoms with Crippen LogP contribution in [0.4, 0.5) is 5.69 Å². The second kappa shape index (κ2) is 7.52. The number of amides is 2. The quantitative estimate of drug-likeness (QED) is 0.472. The van der Waals surface area contributed by atoms with Crippen LogP contribution in [0.2, 0.25) is 0 Å². The van der Waals surface area contributed by atoms with Crippen molar-refractivity contribution in [1.29, 1.82) is 0 Å². The Balaban J connectivity index is 1.62. The largest absolute Gasteiger partial charge is 0.493 e. The number of carbonyl (C=O) groups is 2. The molecule has 0 saturated heterocycles. The van der Waals surface area contributed by atoms with Gasteiger partial charge in [-0.2, -0.15) is 0 Å². The third-order valence-corrected chi connectivity index (χ3v) is 5.36. The minimum Gasteiger partial charge on any atom is -0.493 e. The summed E-state index contributed by atoms with van der Waals surface area (Å²) < 4.78 is 11.6. The number of methoxy groups -OCH3 is 1. The molecule has 7 heteroatoms. The number of nitrogens with one attached hydrogen (secondary N) is 1. The third kappa shape index (κ3) is 3.29. The fraction of sp³-hybridized carbons (Fsp3) is 0.333. The highest BCUT2D eigenvalue weighted by atomic mass is 16.5. The third-order valence-electron chi connectivity index (χ3n) is 5.36. The highest BCUT2D eigenvalue weighted by Gasteiger charge is 2.30. The van der Waals surface area contributed by atoms with Crippen molar-refractivity contribution in [3.05, 3.63) is 53.1 Å². The van der Waals surface area contributed by atoms with Gasteiger partial charge in [-0.25, -0.2) is 5.84 Å². The van der Waals surface area contributed by atoms with Gasteiger partial charge in [0.05, 0.1) is 19.8 Å². The average molecular weight is 381 g/mol. The number of hydrogen-bond acceptors (Lipinski definition) is 5. The van der Waals surface area contributed by atoms with Gasteiger partial charge in [0.15, 0.2) is 11.5 Å². The summed E-state index contributed by atoms with van der Waals surface area (Å²) in [6, 6.07) is 10.6. The van der Waals surface area contributed by atoms with Crippen LogP contribution in [0.25, 0.3) is 0 Å². The molecule has 1 fully saturated rings. The number of carbonyl (C=O) groups excluding carboxylic acids is 2. The van der Waals surface area contributed by atoms with Crippen LogP contribution in [0, 0.1) is 0 Å². The Labute approximate surface area is 163 Å². The molecule has 0 bridgehead atoms. The molecule has 146 valence electrons. The van der Waals surface area contributed by atoms with E-state index in [1.54, 1.807) is 30.2 Å². The van der Waals surface area contributed by atoms with E-state index in [2.05, 4.69) is 5.43 Å². The molecule has 2 aliphatic rings. The number of hydrazine groups is 1. The van der Waals surface area contributed by atoms with Crippen molar-refractivity contribution < 1.29 is 19.1 Å². The normalized spacial score (nSPS) is 16.2. The van der Waals surface area contributed by atoms with Crippen molar-refractivity contribution in [2.45, 2.75) is 38.3 Å². The zero-order valence-electron chi connectivity index (χ0n) is 15.7. The van der Waals surface area contributed by atoms with Crippen LogP contribution in [0.1, 0.15) is 52.0 Å². The van der Waals surface area contributed by atoms with Gasteiger partial charge in [0.25, 0.3) is 11.8 Å². The second-order valence-electron chi connectivity index (χ2n) is 7.10. The molecule has 0 radical (unpaired) electrons. The molecular formula is C21H23N3O4. The molecule has 2 aromatic carbocycles. The lowest BCUT2D eigenvalue weighted by Crippen LogP contribution is -2.30. The van der Waals surface area contributed by atoms with E-state index in [9.17, 15) is 9.59 Å². The first-order chi connectivity index (χ1) is 13.6. The van der Waals surface area contributed by atoms with Crippen LogP contribution < -0.4 is 25.6 Å². The van der Waals surface area contributed by atoms with Gasteiger partial charge in [-0.1, -0.05) is 6.07 Å². The number of rotatable bonds is 5. The molecule has 0 spiro atoms. The number of nitrogen functional groups attached to an aromatic ring is 1. The zero-order valence-corrected chi connectivity index (χ0v) is 15.7. The predicted octanol–water partition coefficient (Wildman–Crippen LogP) is 2.78. The first-order valence-electron chi connectivity index (χ1n) is 9.41. The number of fused-ring (bicyclic) bond motifs is 1. The first kappa shape index (κ1) is 18.3. The molecule has 0 unspecified atom stereocenters. The number of benzene rings is 2. The topological polar surface area (TPSA) is 93.9 Å². The number of hydrogen-bond donors (Lipinski definition) is 2. The fourth-order valence-corrected chi connectivity index (χ4v) is 3.85. The summed E-state index contributed by atoms with van der Waals surface area (Å²) in [6.07, 6.45) is 4.60.